The lowest BCUT2D eigenvalue weighted by atomic mass is 10.2. The Morgan fingerprint density at radius 3 is 2.80 bits per heavy atom. The third-order valence-electron chi connectivity index (χ3n) is 3.55. The maximum atomic E-state index is 12.3. The van der Waals surface area contributed by atoms with Crippen LogP contribution in [0.4, 0.5) is 0 Å². The second-order valence-electron chi connectivity index (χ2n) is 4.93. The van der Waals surface area contributed by atoms with Crippen molar-refractivity contribution in [3.05, 3.63) is 39.9 Å². The molecular weight excluding hydrogens is 278 g/mol. The van der Waals surface area contributed by atoms with Gasteiger partial charge < -0.3 is 4.90 Å². The van der Waals surface area contributed by atoms with Crippen molar-refractivity contribution in [1.82, 2.24) is 14.5 Å². The van der Waals surface area contributed by atoms with Crippen LogP contribution in [0.5, 0.6) is 0 Å². The minimum atomic E-state index is -0.231. The van der Waals surface area contributed by atoms with Gasteiger partial charge >= 0.3 is 0 Å². The van der Waals surface area contributed by atoms with Crippen molar-refractivity contribution in [3.8, 4) is 0 Å². The Bertz CT molecular complexity index is 720. The van der Waals surface area contributed by atoms with Gasteiger partial charge in [-0.05, 0) is 31.0 Å². The smallest absolute Gasteiger partial charge is 0.261 e. The highest BCUT2D eigenvalue weighted by Gasteiger charge is 2.18. The number of hydrogen-bond donors (Lipinski definition) is 0. The number of fused-ring (bicyclic) bond motifs is 1. The molecule has 1 aromatic heterocycles. The van der Waals surface area contributed by atoms with E-state index in [2.05, 4.69) is 4.98 Å². The number of likely N-dealkylation sites (tertiary alicyclic amines) is 1. The summed E-state index contributed by atoms with van der Waals surface area (Å²) in [6.45, 7) is 1.59. The lowest BCUT2D eigenvalue weighted by Crippen LogP contribution is -2.34. The predicted molar refractivity (Wildman–Crippen MR) is 76.8 cm³/mol. The molecule has 0 aliphatic carbocycles. The minimum absolute atomic E-state index is 0.0345. The van der Waals surface area contributed by atoms with Crippen LogP contribution in [0.3, 0.4) is 0 Å². The number of nitrogens with zero attached hydrogens (tertiary/aromatic N) is 3. The summed E-state index contributed by atoms with van der Waals surface area (Å²) in [5.41, 5.74) is 0.356. The summed E-state index contributed by atoms with van der Waals surface area (Å²) >= 11 is 5.90. The van der Waals surface area contributed by atoms with Crippen molar-refractivity contribution in [1.29, 1.82) is 0 Å². The van der Waals surface area contributed by atoms with Gasteiger partial charge in [-0.2, -0.15) is 0 Å². The molecule has 0 bridgehead atoms. The fourth-order valence-electron chi connectivity index (χ4n) is 2.46. The van der Waals surface area contributed by atoms with Gasteiger partial charge in [0.15, 0.2) is 0 Å². The average molecular weight is 292 g/mol. The number of amides is 1. The summed E-state index contributed by atoms with van der Waals surface area (Å²) in [5, 5.41) is 0.925. The highest BCUT2D eigenvalue weighted by Crippen LogP contribution is 2.14. The summed E-state index contributed by atoms with van der Waals surface area (Å²) < 4.78 is 1.35. The minimum Gasteiger partial charge on any atom is -0.341 e. The summed E-state index contributed by atoms with van der Waals surface area (Å²) in [6, 6.07) is 4.98. The second kappa shape index (κ2) is 5.25. The van der Waals surface area contributed by atoms with Crippen LogP contribution in [-0.4, -0.2) is 33.4 Å². The van der Waals surface area contributed by atoms with Gasteiger partial charge in [-0.25, -0.2) is 4.98 Å². The van der Waals surface area contributed by atoms with Crippen molar-refractivity contribution in [3.63, 3.8) is 0 Å². The molecule has 3 rings (SSSR count). The Labute approximate surface area is 120 Å². The Balaban J connectivity index is 1.93. The fraction of sp³-hybridized carbons (Fsp3) is 0.357. The van der Waals surface area contributed by atoms with Crippen LogP contribution in [0.1, 0.15) is 12.8 Å². The molecular formula is C14H14ClN3O2. The van der Waals surface area contributed by atoms with Crippen LogP contribution in [-0.2, 0) is 11.3 Å². The van der Waals surface area contributed by atoms with Crippen LogP contribution in [0.2, 0.25) is 5.02 Å². The molecule has 1 aliphatic heterocycles. The SMILES string of the molecule is O=C(Cn1cnc2ccc(Cl)cc2c1=O)N1CCCC1. The van der Waals surface area contributed by atoms with Crippen molar-refractivity contribution in [2.45, 2.75) is 19.4 Å². The van der Waals surface area contributed by atoms with E-state index in [1.807, 2.05) is 0 Å². The van der Waals surface area contributed by atoms with Crippen LogP contribution < -0.4 is 5.56 Å². The van der Waals surface area contributed by atoms with Gasteiger partial charge in [0.05, 0.1) is 17.2 Å². The predicted octanol–water partition coefficient (Wildman–Crippen LogP) is 1.67. The summed E-state index contributed by atoms with van der Waals surface area (Å²) in [7, 11) is 0. The zero-order chi connectivity index (χ0) is 14.1. The van der Waals surface area contributed by atoms with E-state index in [0.29, 0.717) is 15.9 Å². The third kappa shape index (κ3) is 2.41. The highest BCUT2D eigenvalue weighted by molar-refractivity contribution is 6.31. The van der Waals surface area contributed by atoms with Crippen LogP contribution in [0.25, 0.3) is 10.9 Å². The van der Waals surface area contributed by atoms with E-state index in [-0.39, 0.29) is 18.0 Å². The molecule has 0 unspecified atom stereocenters. The number of benzene rings is 1. The molecule has 0 N–H and O–H groups in total. The van der Waals surface area contributed by atoms with Gasteiger partial charge in [0.1, 0.15) is 6.54 Å². The molecule has 1 aromatic carbocycles. The Morgan fingerprint density at radius 2 is 2.05 bits per heavy atom. The van der Waals surface area contributed by atoms with Gasteiger partial charge in [-0.15, -0.1) is 0 Å². The zero-order valence-electron chi connectivity index (χ0n) is 10.9. The standard InChI is InChI=1S/C14H14ClN3O2/c15-10-3-4-12-11(7-10)14(20)18(9-16-12)8-13(19)17-5-1-2-6-17/h3-4,7,9H,1-2,5-6,8H2. The van der Waals surface area contributed by atoms with Crippen molar-refractivity contribution < 1.29 is 4.79 Å². The topological polar surface area (TPSA) is 55.2 Å². The zero-order valence-corrected chi connectivity index (χ0v) is 11.6. The Morgan fingerprint density at radius 1 is 1.30 bits per heavy atom. The van der Waals surface area contributed by atoms with E-state index < -0.39 is 0 Å². The molecule has 2 heterocycles. The Hall–Kier alpha value is -1.88. The number of carbonyl (C=O) groups excluding carboxylic acids is 1. The largest absolute Gasteiger partial charge is 0.341 e. The summed E-state index contributed by atoms with van der Waals surface area (Å²) in [6.07, 6.45) is 3.49. The van der Waals surface area contributed by atoms with E-state index in [1.54, 1.807) is 23.1 Å². The Kier molecular flexibility index (Phi) is 3.44. The lowest BCUT2D eigenvalue weighted by molar-refractivity contribution is -0.130. The fourth-order valence-corrected chi connectivity index (χ4v) is 2.63. The maximum Gasteiger partial charge on any atom is 0.261 e. The summed E-state index contributed by atoms with van der Waals surface area (Å²) in [5.74, 6) is -0.0345. The first-order valence-electron chi connectivity index (χ1n) is 6.57. The first kappa shape index (κ1) is 13.1. The third-order valence-corrected chi connectivity index (χ3v) is 3.79. The first-order valence-corrected chi connectivity index (χ1v) is 6.95. The number of halogens is 1. The van der Waals surface area contributed by atoms with E-state index in [9.17, 15) is 9.59 Å². The number of aromatic nitrogens is 2. The van der Waals surface area contributed by atoms with Gasteiger partial charge in [0.2, 0.25) is 5.91 Å². The van der Waals surface area contributed by atoms with Crippen LogP contribution >= 0.6 is 11.6 Å². The summed E-state index contributed by atoms with van der Waals surface area (Å²) in [4.78, 5) is 30.4. The van der Waals surface area contributed by atoms with E-state index in [4.69, 9.17) is 11.6 Å². The molecule has 5 nitrogen and oxygen atoms in total. The molecule has 0 atom stereocenters. The van der Waals surface area contributed by atoms with Crippen molar-refractivity contribution in [2.24, 2.45) is 0 Å². The van der Waals surface area contributed by atoms with E-state index in [0.717, 1.165) is 25.9 Å². The normalized spacial score (nSPS) is 14.9. The average Bonchev–Trinajstić information content (AvgIpc) is 2.96. The van der Waals surface area contributed by atoms with Gasteiger partial charge in [0.25, 0.3) is 5.56 Å². The monoisotopic (exact) mass is 291 g/mol. The molecule has 0 spiro atoms. The molecule has 0 saturated carbocycles. The highest BCUT2D eigenvalue weighted by atomic mass is 35.5. The molecule has 0 radical (unpaired) electrons. The van der Waals surface area contributed by atoms with Gasteiger partial charge in [0, 0.05) is 18.1 Å². The quantitative estimate of drug-likeness (QED) is 0.846. The number of carbonyl (C=O) groups is 1. The number of hydrogen-bond acceptors (Lipinski definition) is 3. The molecule has 6 heteroatoms. The second-order valence-corrected chi connectivity index (χ2v) is 5.36. The van der Waals surface area contributed by atoms with E-state index >= 15 is 0 Å². The van der Waals surface area contributed by atoms with Crippen molar-refractivity contribution >= 4 is 28.4 Å². The van der Waals surface area contributed by atoms with Gasteiger partial charge in [-0.1, -0.05) is 11.6 Å². The maximum absolute atomic E-state index is 12.3. The molecule has 1 saturated heterocycles. The molecule has 1 fully saturated rings. The van der Waals surface area contributed by atoms with Gasteiger partial charge in [-0.3, -0.25) is 14.2 Å². The number of rotatable bonds is 2. The van der Waals surface area contributed by atoms with Crippen LogP contribution in [0.15, 0.2) is 29.3 Å². The lowest BCUT2D eigenvalue weighted by Gasteiger charge is -2.15. The molecule has 2 aromatic rings. The van der Waals surface area contributed by atoms with Crippen LogP contribution in [0, 0.1) is 0 Å². The van der Waals surface area contributed by atoms with E-state index in [1.165, 1.54) is 10.9 Å². The molecule has 104 valence electrons. The molecule has 20 heavy (non-hydrogen) atoms. The molecule has 1 amide bonds. The first-order chi connectivity index (χ1) is 9.65. The molecule has 1 aliphatic rings. The van der Waals surface area contributed by atoms with Crippen molar-refractivity contribution in [2.75, 3.05) is 13.1 Å².